The van der Waals surface area contributed by atoms with Crippen molar-refractivity contribution in [3.8, 4) is 0 Å². The van der Waals surface area contributed by atoms with Gasteiger partial charge in [0.25, 0.3) is 5.91 Å². The predicted octanol–water partition coefficient (Wildman–Crippen LogP) is 4.16. The van der Waals surface area contributed by atoms with Gasteiger partial charge < -0.3 is 9.67 Å². The van der Waals surface area contributed by atoms with Crippen LogP contribution < -0.4 is 0 Å². The van der Waals surface area contributed by atoms with Gasteiger partial charge in [0.15, 0.2) is 0 Å². The van der Waals surface area contributed by atoms with Gasteiger partial charge in [-0.15, -0.1) is 0 Å². The van der Waals surface area contributed by atoms with Gasteiger partial charge in [0.05, 0.1) is 22.5 Å². The van der Waals surface area contributed by atoms with Gasteiger partial charge in [0.1, 0.15) is 22.5 Å². The number of nitrogens with zero attached hydrogens (tertiary/aromatic N) is 3. The number of amides is 1. The molecule has 10 heteroatoms. The quantitative estimate of drug-likeness (QED) is 0.454. The molecule has 6 nitrogen and oxygen atoms in total. The van der Waals surface area contributed by atoms with E-state index in [0.717, 1.165) is 22.2 Å². The minimum Gasteiger partial charge on any atom is -0.480 e. The lowest BCUT2D eigenvalue weighted by Gasteiger charge is -2.10. The number of carbonyl (C=O) groups is 2. The number of carbonyl (C=O) groups excluding carboxylic acids is 1. The van der Waals surface area contributed by atoms with Gasteiger partial charge >= 0.3 is 5.97 Å². The van der Waals surface area contributed by atoms with E-state index in [0.29, 0.717) is 21.9 Å². The SMILES string of the molecule is O=C(O)CN1C(=O)/C(=C/c2nc3cc(Cl)ccc3n2Cc2ccccc2F)SC1=S. The Morgan fingerprint density at radius 3 is 2.80 bits per heavy atom. The van der Waals surface area contributed by atoms with Gasteiger partial charge in [-0.05, 0) is 24.3 Å². The summed E-state index contributed by atoms with van der Waals surface area (Å²) in [6.07, 6.45) is 1.54. The molecular formula is C20H13ClFN3O3S2. The maximum Gasteiger partial charge on any atom is 0.323 e. The minimum atomic E-state index is -1.16. The molecule has 0 saturated carbocycles. The van der Waals surface area contributed by atoms with Crippen molar-refractivity contribution in [2.24, 2.45) is 0 Å². The van der Waals surface area contributed by atoms with Crippen LogP contribution in [0.3, 0.4) is 0 Å². The molecule has 0 radical (unpaired) electrons. The summed E-state index contributed by atoms with van der Waals surface area (Å²) in [5.41, 5.74) is 1.76. The zero-order chi connectivity index (χ0) is 21.4. The van der Waals surface area contributed by atoms with E-state index in [9.17, 15) is 14.0 Å². The fraction of sp³-hybridized carbons (Fsp3) is 0.100. The average Bonchev–Trinajstić information content (AvgIpc) is 3.15. The molecule has 1 aliphatic rings. The van der Waals surface area contributed by atoms with E-state index in [1.54, 1.807) is 41.0 Å². The Labute approximate surface area is 184 Å². The van der Waals surface area contributed by atoms with Gasteiger partial charge in [0.2, 0.25) is 0 Å². The van der Waals surface area contributed by atoms with Crippen LogP contribution in [0.5, 0.6) is 0 Å². The van der Waals surface area contributed by atoms with Gasteiger partial charge in [-0.3, -0.25) is 14.5 Å². The smallest absolute Gasteiger partial charge is 0.323 e. The lowest BCUT2D eigenvalue weighted by atomic mass is 10.2. The van der Waals surface area contributed by atoms with Crippen molar-refractivity contribution in [2.45, 2.75) is 6.54 Å². The zero-order valence-electron chi connectivity index (χ0n) is 15.2. The molecular weight excluding hydrogens is 449 g/mol. The number of benzene rings is 2. The maximum absolute atomic E-state index is 14.3. The molecule has 0 spiro atoms. The number of hydrogen-bond donors (Lipinski definition) is 1. The Morgan fingerprint density at radius 2 is 2.07 bits per heavy atom. The van der Waals surface area contributed by atoms with Crippen molar-refractivity contribution in [2.75, 3.05) is 6.54 Å². The Kier molecular flexibility index (Phi) is 5.59. The van der Waals surface area contributed by atoms with Crippen molar-refractivity contribution < 1.29 is 19.1 Å². The molecule has 1 amide bonds. The summed E-state index contributed by atoms with van der Waals surface area (Å²) in [5.74, 6) is -1.61. The first kappa shape index (κ1) is 20.5. The van der Waals surface area contributed by atoms with Crippen molar-refractivity contribution in [3.63, 3.8) is 0 Å². The number of imidazole rings is 1. The molecule has 1 N–H and O–H groups in total. The molecule has 2 heterocycles. The highest BCUT2D eigenvalue weighted by Crippen LogP contribution is 2.33. The molecule has 152 valence electrons. The molecule has 0 unspecified atom stereocenters. The number of thiocarbonyl (C=S) groups is 1. The van der Waals surface area contributed by atoms with E-state index in [1.807, 2.05) is 0 Å². The Hall–Kier alpha value is -2.75. The predicted molar refractivity (Wildman–Crippen MR) is 118 cm³/mol. The van der Waals surface area contributed by atoms with Crippen LogP contribution in [-0.2, 0) is 16.1 Å². The molecule has 1 fully saturated rings. The Bertz CT molecular complexity index is 1240. The van der Waals surface area contributed by atoms with E-state index in [-0.39, 0.29) is 21.6 Å². The van der Waals surface area contributed by atoms with E-state index >= 15 is 0 Å². The number of rotatable bonds is 5. The summed E-state index contributed by atoms with van der Waals surface area (Å²) >= 11 is 12.2. The summed E-state index contributed by atoms with van der Waals surface area (Å²) in [7, 11) is 0. The van der Waals surface area contributed by atoms with Crippen molar-refractivity contribution in [3.05, 3.63) is 69.6 Å². The van der Waals surface area contributed by atoms with E-state index in [1.165, 1.54) is 12.1 Å². The monoisotopic (exact) mass is 461 g/mol. The fourth-order valence-corrected chi connectivity index (χ4v) is 4.47. The second kappa shape index (κ2) is 8.17. The van der Waals surface area contributed by atoms with Crippen LogP contribution in [0, 0.1) is 5.82 Å². The summed E-state index contributed by atoms with van der Waals surface area (Å²) in [4.78, 5) is 29.4. The summed E-state index contributed by atoms with van der Waals surface area (Å²) in [5, 5.41) is 9.49. The summed E-state index contributed by atoms with van der Waals surface area (Å²) in [6, 6.07) is 11.6. The van der Waals surface area contributed by atoms with E-state index in [4.69, 9.17) is 28.9 Å². The van der Waals surface area contributed by atoms with Crippen LogP contribution in [-0.4, -0.2) is 42.3 Å². The van der Waals surface area contributed by atoms with Crippen LogP contribution in [0.2, 0.25) is 5.02 Å². The lowest BCUT2D eigenvalue weighted by Crippen LogP contribution is -2.33. The standard InChI is InChI=1S/C20H13ClFN3O3S2/c21-12-5-6-15-14(7-12)23-17(24(15)9-11-3-1-2-4-13(11)22)8-16-19(28)25(10-18(26)27)20(29)30-16/h1-8H,9-10H2,(H,26,27)/b16-8-. The molecule has 0 atom stereocenters. The third kappa shape index (κ3) is 3.96. The van der Waals surface area contributed by atoms with Crippen molar-refractivity contribution in [1.29, 1.82) is 0 Å². The van der Waals surface area contributed by atoms with E-state index in [2.05, 4.69) is 4.98 Å². The first-order valence-electron chi connectivity index (χ1n) is 8.70. The third-order valence-electron chi connectivity index (χ3n) is 4.45. The zero-order valence-corrected chi connectivity index (χ0v) is 17.6. The number of aromatic nitrogens is 2. The molecule has 1 aliphatic heterocycles. The Balaban J connectivity index is 1.80. The molecule has 3 aromatic rings. The average molecular weight is 462 g/mol. The molecule has 0 aliphatic carbocycles. The van der Waals surface area contributed by atoms with Gasteiger partial charge in [0, 0.05) is 16.7 Å². The normalized spacial score (nSPS) is 15.5. The van der Waals surface area contributed by atoms with Gasteiger partial charge in [-0.1, -0.05) is 53.8 Å². The number of aliphatic carboxylic acids is 1. The van der Waals surface area contributed by atoms with Crippen LogP contribution in [0.25, 0.3) is 17.1 Å². The van der Waals surface area contributed by atoms with E-state index < -0.39 is 18.4 Å². The molecule has 1 saturated heterocycles. The van der Waals surface area contributed by atoms with Crippen molar-refractivity contribution >= 4 is 68.9 Å². The first-order chi connectivity index (χ1) is 14.3. The minimum absolute atomic E-state index is 0.161. The third-order valence-corrected chi connectivity index (χ3v) is 6.07. The highest BCUT2D eigenvalue weighted by atomic mass is 35.5. The van der Waals surface area contributed by atoms with Crippen LogP contribution in [0.15, 0.2) is 47.4 Å². The summed E-state index contributed by atoms with van der Waals surface area (Å²) in [6.45, 7) is -0.324. The molecule has 0 bridgehead atoms. The number of halogens is 2. The van der Waals surface area contributed by atoms with Crippen molar-refractivity contribution in [1.82, 2.24) is 14.5 Å². The molecule has 30 heavy (non-hydrogen) atoms. The van der Waals surface area contributed by atoms with Gasteiger partial charge in [-0.25, -0.2) is 9.37 Å². The second-order valence-electron chi connectivity index (χ2n) is 6.44. The fourth-order valence-electron chi connectivity index (χ4n) is 3.08. The van der Waals surface area contributed by atoms with Crippen LogP contribution in [0.4, 0.5) is 4.39 Å². The lowest BCUT2D eigenvalue weighted by molar-refractivity contribution is -0.140. The first-order valence-corrected chi connectivity index (χ1v) is 10.3. The highest BCUT2D eigenvalue weighted by molar-refractivity contribution is 8.26. The van der Waals surface area contributed by atoms with Gasteiger partial charge in [-0.2, -0.15) is 0 Å². The largest absolute Gasteiger partial charge is 0.480 e. The van der Waals surface area contributed by atoms with Crippen LogP contribution in [0.1, 0.15) is 11.4 Å². The second-order valence-corrected chi connectivity index (χ2v) is 8.55. The number of thioether (sulfide) groups is 1. The number of carboxylic acid groups (broad SMARTS) is 1. The highest BCUT2D eigenvalue weighted by Gasteiger charge is 2.33. The number of hydrogen-bond acceptors (Lipinski definition) is 5. The van der Waals surface area contributed by atoms with Crippen LogP contribution >= 0.6 is 35.6 Å². The molecule has 2 aromatic carbocycles. The maximum atomic E-state index is 14.3. The topological polar surface area (TPSA) is 75.4 Å². The summed E-state index contributed by atoms with van der Waals surface area (Å²) < 4.78 is 16.2. The molecule has 1 aromatic heterocycles. The number of fused-ring (bicyclic) bond motifs is 1. The molecule has 4 rings (SSSR count). The number of carboxylic acids is 1. The Morgan fingerprint density at radius 1 is 1.30 bits per heavy atom.